The molecule has 0 heterocycles. The first-order valence-electron chi connectivity index (χ1n) is 7.32. The number of hydrogen-bond acceptors (Lipinski definition) is 2. The second kappa shape index (κ2) is 6.48. The van der Waals surface area contributed by atoms with Crippen LogP contribution in [-0.4, -0.2) is 19.3 Å². The van der Waals surface area contributed by atoms with Crippen molar-refractivity contribution in [3.05, 3.63) is 64.1 Å². The fourth-order valence-electron chi connectivity index (χ4n) is 3.05. The molecule has 1 aliphatic rings. The van der Waals surface area contributed by atoms with Crippen LogP contribution in [-0.2, 0) is 16.4 Å². The van der Waals surface area contributed by atoms with Gasteiger partial charge in [-0.25, -0.2) is 8.42 Å². The highest BCUT2D eigenvalue weighted by atomic mass is 79.9. The van der Waals surface area contributed by atoms with Gasteiger partial charge in [-0.15, -0.1) is 6.42 Å². The average Bonchev–Trinajstić information content (AvgIpc) is 2.96. The number of halogens is 1. The van der Waals surface area contributed by atoms with Gasteiger partial charge in [0.1, 0.15) is 0 Å². The van der Waals surface area contributed by atoms with E-state index in [-0.39, 0.29) is 17.5 Å². The van der Waals surface area contributed by atoms with Crippen molar-refractivity contribution in [2.24, 2.45) is 0 Å². The number of sulfonamides is 1. The fraction of sp³-hybridized carbons (Fsp3) is 0.222. The van der Waals surface area contributed by atoms with E-state index in [0.29, 0.717) is 0 Å². The molecule has 0 radical (unpaired) electrons. The molecule has 2 aromatic carbocycles. The minimum atomic E-state index is -3.65. The third kappa shape index (κ3) is 3.07. The smallest absolute Gasteiger partial charge is 0.207 e. The Morgan fingerprint density at radius 1 is 1.22 bits per heavy atom. The molecule has 2 aromatic rings. The van der Waals surface area contributed by atoms with Crippen LogP contribution in [0.2, 0.25) is 0 Å². The van der Waals surface area contributed by atoms with Gasteiger partial charge in [-0.3, -0.25) is 0 Å². The molecular formula is C18H16BrNO2S. The van der Waals surface area contributed by atoms with Crippen molar-refractivity contribution in [3.63, 3.8) is 0 Å². The van der Waals surface area contributed by atoms with Gasteiger partial charge in [-0.2, -0.15) is 4.31 Å². The van der Waals surface area contributed by atoms with E-state index in [1.54, 1.807) is 24.3 Å². The average molecular weight is 390 g/mol. The molecule has 0 bridgehead atoms. The molecule has 0 saturated carbocycles. The SMILES string of the molecule is C#CCN([C@@H]1CCc2ccccc21)S(=O)(=O)c1cccc(Br)c1. The molecule has 1 aliphatic carbocycles. The van der Waals surface area contributed by atoms with E-state index >= 15 is 0 Å². The summed E-state index contributed by atoms with van der Waals surface area (Å²) < 4.78 is 28.3. The van der Waals surface area contributed by atoms with Crippen molar-refractivity contribution < 1.29 is 8.42 Å². The molecule has 3 rings (SSSR count). The molecular weight excluding hydrogens is 374 g/mol. The van der Waals surface area contributed by atoms with Gasteiger partial charge in [0.25, 0.3) is 0 Å². The minimum absolute atomic E-state index is 0.0633. The van der Waals surface area contributed by atoms with Crippen LogP contribution in [0.1, 0.15) is 23.6 Å². The number of terminal acetylenes is 1. The summed E-state index contributed by atoms with van der Waals surface area (Å²) in [6.45, 7) is 0.0633. The Bertz CT molecular complexity index is 871. The van der Waals surface area contributed by atoms with Gasteiger partial charge in [0, 0.05) is 4.47 Å². The monoisotopic (exact) mass is 389 g/mol. The zero-order valence-electron chi connectivity index (χ0n) is 12.4. The van der Waals surface area contributed by atoms with Gasteiger partial charge in [0.2, 0.25) is 10.0 Å². The molecule has 5 heteroatoms. The van der Waals surface area contributed by atoms with Crippen molar-refractivity contribution in [2.45, 2.75) is 23.8 Å². The number of hydrogen-bond donors (Lipinski definition) is 0. The van der Waals surface area contributed by atoms with Crippen LogP contribution >= 0.6 is 15.9 Å². The first-order valence-corrected chi connectivity index (χ1v) is 9.56. The van der Waals surface area contributed by atoms with Gasteiger partial charge >= 0.3 is 0 Å². The zero-order chi connectivity index (χ0) is 16.4. The van der Waals surface area contributed by atoms with E-state index in [2.05, 4.69) is 27.9 Å². The largest absolute Gasteiger partial charge is 0.244 e. The summed E-state index contributed by atoms with van der Waals surface area (Å²) in [7, 11) is -3.65. The Hall–Kier alpha value is -1.61. The summed E-state index contributed by atoms with van der Waals surface area (Å²) in [5, 5.41) is 0. The molecule has 118 valence electrons. The van der Waals surface area contributed by atoms with Crippen molar-refractivity contribution >= 4 is 26.0 Å². The van der Waals surface area contributed by atoms with Gasteiger partial charge in [-0.1, -0.05) is 52.2 Å². The van der Waals surface area contributed by atoms with Crippen LogP contribution in [0.3, 0.4) is 0 Å². The predicted molar refractivity (Wildman–Crippen MR) is 94.4 cm³/mol. The Labute approximate surface area is 145 Å². The number of fused-ring (bicyclic) bond motifs is 1. The number of benzene rings is 2. The second-order valence-electron chi connectivity index (χ2n) is 5.47. The predicted octanol–water partition coefficient (Wildman–Crippen LogP) is 3.76. The van der Waals surface area contributed by atoms with Gasteiger partial charge in [0.05, 0.1) is 17.5 Å². The van der Waals surface area contributed by atoms with E-state index in [1.807, 2.05) is 18.2 Å². The summed E-state index contributed by atoms with van der Waals surface area (Å²) in [6.07, 6.45) is 7.09. The topological polar surface area (TPSA) is 37.4 Å². The number of nitrogens with zero attached hydrogens (tertiary/aromatic N) is 1. The minimum Gasteiger partial charge on any atom is -0.207 e. The molecule has 0 fully saturated rings. The normalized spacial score (nSPS) is 17.0. The number of rotatable bonds is 4. The summed E-state index contributed by atoms with van der Waals surface area (Å²) in [4.78, 5) is 0.256. The van der Waals surface area contributed by atoms with E-state index < -0.39 is 10.0 Å². The highest BCUT2D eigenvalue weighted by Gasteiger charge is 2.35. The Kier molecular flexibility index (Phi) is 4.58. The Morgan fingerprint density at radius 2 is 2.00 bits per heavy atom. The van der Waals surface area contributed by atoms with E-state index in [1.165, 1.54) is 9.87 Å². The molecule has 0 N–H and O–H groups in total. The standard InChI is InChI=1S/C18H16BrNO2S/c1-2-12-20(18-11-10-14-6-3-4-9-17(14)18)23(21,22)16-8-5-7-15(19)13-16/h1,3-9,13,18H,10-12H2/t18-/m1/s1. The summed E-state index contributed by atoms with van der Waals surface area (Å²) >= 11 is 3.33. The Balaban J connectivity index is 2.05. The van der Waals surface area contributed by atoms with Crippen molar-refractivity contribution in [1.29, 1.82) is 0 Å². The molecule has 0 aromatic heterocycles. The fourth-order valence-corrected chi connectivity index (χ4v) is 5.20. The third-order valence-corrected chi connectivity index (χ3v) is 6.44. The first-order chi connectivity index (χ1) is 11.0. The molecule has 3 nitrogen and oxygen atoms in total. The maximum absolute atomic E-state index is 13.1. The highest BCUT2D eigenvalue weighted by Crippen LogP contribution is 2.38. The van der Waals surface area contributed by atoms with Crippen LogP contribution in [0.4, 0.5) is 0 Å². The zero-order valence-corrected chi connectivity index (χ0v) is 14.8. The van der Waals surface area contributed by atoms with Crippen LogP contribution in [0, 0.1) is 12.3 Å². The van der Waals surface area contributed by atoms with Gasteiger partial charge in [0.15, 0.2) is 0 Å². The molecule has 0 unspecified atom stereocenters. The maximum Gasteiger partial charge on any atom is 0.244 e. The van der Waals surface area contributed by atoms with Crippen LogP contribution in [0.15, 0.2) is 57.9 Å². The quantitative estimate of drug-likeness (QED) is 0.746. The molecule has 0 spiro atoms. The number of aryl methyl sites for hydroxylation is 1. The molecule has 1 atom stereocenters. The summed E-state index contributed by atoms with van der Waals surface area (Å²) in [5.74, 6) is 2.50. The summed E-state index contributed by atoms with van der Waals surface area (Å²) in [6, 6.07) is 14.5. The molecule has 23 heavy (non-hydrogen) atoms. The van der Waals surface area contributed by atoms with Crippen LogP contribution in [0.5, 0.6) is 0 Å². The van der Waals surface area contributed by atoms with E-state index in [0.717, 1.165) is 22.9 Å². The lowest BCUT2D eigenvalue weighted by atomic mass is 10.1. The lowest BCUT2D eigenvalue weighted by molar-refractivity contribution is 0.352. The molecule has 0 amide bonds. The third-order valence-electron chi connectivity index (χ3n) is 4.10. The first kappa shape index (κ1) is 16.3. The van der Waals surface area contributed by atoms with E-state index in [4.69, 9.17) is 6.42 Å². The van der Waals surface area contributed by atoms with Crippen molar-refractivity contribution in [3.8, 4) is 12.3 Å². The lowest BCUT2D eigenvalue weighted by Gasteiger charge is -2.27. The maximum atomic E-state index is 13.1. The summed E-state index contributed by atoms with van der Waals surface area (Å²) in [5.41, 5.74) is 2.25. The van der Waals surface area contributed by atoms with Gasteiger partial charge in [-0.05, 0) is 42.2 Å². The molecule has 0 saturated heterocycles. The Morgan fingerprint density at radius 3 is 2.74 bits per heavy atom. The second-order valence-corrected chi connectivity index (χ2v) is 8.27. The lowest BCUT2D eigenvalue weighted by Crippen LogP contribution is -2.34. The molecule has 0 aliphatic heterocycles. The van der Waals surface area contributed by atoms with Crippen LogP contribution in [0.25, 0.3) is 0 Å². The van der Waals surface area contributed by atoms with E-state index in [9.17, 15) is 8.42 Å². The van der Waals surface area contributed by atoms with Crippen LogP contribution < -0.4 is 0 Å². The van der Waals surface area contributed by atoms with Crippen molar-refractivity contribution in [2.75, 3.05) is 6.54 Å². The van der Waals surface area contributed by atoms with Gasteiger partial charge < -0.3 is 0 Å². The van der Waals surface area contributed by atoms with Crippen molar-refractivity contribution in [1.82, 2.24) is 4.31 Å². The highest BCUT2D eigenvalue weighted by molar-refractivity contribution is 9.10.